The summed E-state index contributed by atoms with van der Waals surface area (Å²) in [7, 11) is 0. The number of amides is 1. The molecule has 48 heavy (non-hydrogen) atoms. The minimum atomic E-state index is -4.73. The molecular formula is C39H36F3N5O. The number of carbonyl (C=O) groups is 1. The van der Waals surface area contributed by atoms with Gasteiger partial charge in [-0.15, -0.1) is 0 Å². The van der Waals surface area contributed by atoms with Crippen LogP contribution >= 0.6 is 0 Å². The molecule has 1 saturated carbocycles. The van der Waals surface area contributed by atoms with E-state index in [9.17, 15) is 18.0 Å². The third-order valence-electron chi connectivity index (χ3n) is 9.36. The fraction of sp³-hybridized carbons (Fsp3) is 0.282. The summed E-state index contributed by atoms with van der Waals surface area (Å²) in [6.45, 7) is 8.15. The van der Waals surface area contributed by atoms with Crippen LogP contribution in [0.2, 0.25) is 0 Å². The maximum atomic E-state index is 14.4. The predicted octanol–water partition coefficient (Wildman–Crippen LogP) is 9.59. The Kier molecular flexibility index (Phi) is 8.01. The lowest BCUT2D eigenvalue weighted by molar-refractivity contribution is -0.142. The van der Waals surface area contributed by atoms with E-state index in [0.717, 1.165) is 63.4 Å². The second-order valence-corrected chi connectivity index (χ2v) is 13.2. The van der Waals surface area contributed by atoms with E-state index in [4.69, 9.17) is 5.10 Å². The molecule has 3 aromatic carbocycles. The number of nitrogens with zero attached hydrogens (tertiary/aromatic N) is 5. The molecule has 6 nitrogen and oxygen atoms in total. The van der Waals surface area contributed by atoms with Crippen LogP contribution in [0, 0.1) is 19.8 Å². The third kappa shape index (κ3) is 5.93. The third-order valence-corrected chi connectivity index (χ3v) is 9.36. The zero-order valence-corrected chi connectivity index (χ0v) is 27.3. The van der Waals surface area contributed by atoms with Gasteiger partial charge >= 0.3 is 6.18 Å². The SMILES string of the molecule is Cc1ccc(/C=C2\CCC[C@H]3C2=NN(C(=O)c2cc4nc(-c5ccc(C(C)C)cc5)cc(C(F)(F)F)n4n2)[C@H]3c2ccc(C)cc2)cc1. The lowest BCUT2D eigenvalue weighted by atomic mass is 9.77. The number of allylic oxidation sites excluding steroid dienone is 1. The van der Waals surface area contributed by atoms with Gasteiger partial charge < -0.3 is 0 Å². The molecule has 0 saturated heterocycles. The summed E-state index contributed by atoms with van der Waals surface area (Å²) in [5.41, 5.74) is 6.67. The Labute approximate surface area is 277 Å². The number of alkyl halides is 3. The van der Waals surface area contributed by atoms with E-state index in [0.29, 0.717) is 5.56 Å². The Bertz CT molecular complexity index is 2060. The molecule has 9 heteroatoms. The largest absolute Gasteiger partial charge is 0.433 e. The van der Waals surface area contributed by atoms with Crippen LogP contribution in [-0.4, -0.2) is 31.2 Å². The van der Waals surface area contributed by atoms with Crippen LogP contribution in [0.5, 0.6) is 0 Å². The van der Waals surface area contributed by atoms with Crippen molar-refractivity contribution >= 4 is 23.3 Å². The van der Waals surface area contributed by atoms with E-state index in [1.807, 2.05) is 50.2 Å². The summed E-state index contributed by atoms with van der Waals surface area (Å²) in [6.07, 6.45) is -0.0242. The summed E-state index contributed by atoms with van der Waals surface area (Å²) in [5.74, 6) is -0.360. The first kappa shape index (κ1) is 31.5. The zero-order chi connectivity index (χ0) is 33.7. The Morgan fingerprint density at radius 2 is 1.58 bits per heavy atom. The second-order valence-electron chi connectivity index (χ2n) is 13.2. The van der Waals surface area contributed by atoms with Crippen molar-refractivity contribution in [2.75, 3.05) is 0 Å². The number of benzene rings is 3. The van der Waals surface area contributed by atoms with Gasteiger partial charge in [-0.1, -0.05) is 97.8 Å². The van der Waals surface area contributed by atoms with Gasteiger partial charge in [0.05, 0.1) is 17.4 Å². The average Bonchev–Trinajstić information content (AvgIpc) is 3.68. The quantitative estimate of drug-likeness (QED) is 0.191. The van der Waals surface area contributed by atoms with E-state index in [2.05, 4.69) is 54.3 Å². The highest BCUT2D eigenvalue weighted by atomic mass is 19.4. The molecule has 0 bridgehead atoms. The van der Waals surface area contributed by atoms with Crippen molar-refractivity contribution in [2.45, 2.75) is 65.1 Å². The lowest BCUT2D eigenvalue weighted by Crippen LogP contribution is -2.32. The highest BCUT2D eigenvalue weighted by molar-refractivity contribution is 6.09. The van der Waals surface area contributed by atoms with Crippen molar-refractivity contribution in [1.29, 1.82) is 0 Å². The number of hydrogen-bond donors (Lipinski definition) is 0. The van der Waals surface area contributed by atoms with Gasteiger partial charge in [-0.25, -0.2) is 14.5 Å². The first-order valence-electron chi connectivity index (χ1n) is 16.3. The van der Waals surface area contributed by atoms with Crippen LogP contribution < -0.4 is 0 Å². The van der Waals surface area contributed by atoms with Crippen molar-refractivity contribution in [3.63, 3.8) is 0 Å². The number of aryl methyl sites for hydroxylation is 2. The van der Waals surface area contributed by atoms with Crippen LogP contribution in [0.15, 0.2) is 95.6 Å². The van der Waals surface area contributed by atoms with Crippen molar-refractivity contribution in [3.8, 4) is 11.3 Å². The van der Waals surface area contributed by atoms with Crippen LogP contribution in [0.4, 0.5) is 13.2 Å². The predicted molar refractivity (Wildman–Crippen MR) is 182 cm³/mol. The van der Waals surface area contributed by atoms with Gasteiger partial charge in [-0.2, -0.15) is 23.4 Å². The standard InChI is InChI=1S/C39H36F3N5O/c1-23(2)27-16-18-28(19-17-27)32-21-34(39(40,41)42)46-35(43-32)22-33(44-46)38(48)47-37(29-14-10-25(4)11-15-29)31-7-5-6-30(36(31)45-47)20-26-12-8-24(3)9-13-26/h8-23,31,37H,5-7H2,1-4H3/b30-20+/t31-,37-/m0/s1. The molecule has 244 valence electrons. The molecule has 0 N–H and O–H groups in total. The van der Waals surface area contributed by atoms with Crippen LogP contribution in [-0.2, 0) is 6.18 Å². The smallest absolute Gasteiger partial charge is 0.265 e. The Balaban J connectivity index is 1.32. The maximum Gasteiger partial charge on any atom is 0.433 e. The summed E-state index contributed by atoms with van der Waals surface area (Å²) in [6, 6.07) is 25.5. The van der Waals surface area contributed by atoms with Crippen molar-refractivity contribution < 1.29 is 18.0 Å². The first-order chi connectivity index (χ1) is 23.0. The number of halogens is 3. The van der Waals surface area contributed by atoms with Gasteiger partial charge in [-0.05, 0) is 73.4 Å². The molecule has 0 radical (unpaired) electrons. The molecule has 2 atom stereocenters. The molecule has 5 aromatic rings. The molecule has 2 aromatic heterocycles. The fourth-order valence-electron chi connectivity index (χ4n) is 6.71. The van der Waals surface area contributed by atoms with Gasteiger partial charge in [-0.3, -0.25) is 4.79 Å². The Morgan fingerprint density at radius 1 is 0.917 bits per heavy atom. The lowest BCUT2D eigenvalue weighted by Gasteiger charge is -2.29. The molecular weight excluding hydrogens is 611 g/mol. The monoisotopic (exact) mass is 647 g/mol. The minimum Gasteiger partial charge on any atom is -0.265 e. The summed E-state index contributed by atoms with van der Waals surface area (Å²) in [5, 5.41) is 10.6. The first-order valence-corrected chi connectivity index (χ1v) is 16.3. The van der Waals surface area contributed by atoms with Gasteiger partial charge in [0.25, 0.3) is 5.91 Å². The van der Waals surface area contributed by atoms with E-state index in [1.165, 1.54) is 16.6 Å². The molecule has 0 unspecified atom stereocenters. The molecule has 1 aliphatic heterocycles. The van der Waals surface area contributed by atoms with E-state index in [-0.39, 0.29) is 28.9 Å². The minimum absolute atomic E-state index is 0.0628. The zero-order valence-electron chi connectivity index (χ0n) is 27.3. The number of aromatic nitrogens is 3. The van der Waals surface area contributed by atoms with Crippen molar-refractivity contribution in [3.05, 3.63) is 130 Å². The summed E-state index contributed by atoms with van der Waals surface area (Å²) >= 11 is 0. The number of fused-ring (bicyclic) bond motifs is 2. The van der Waals surface area contributed by atoms with E-state index >= 15 is 0 Å². The Morgan fingerprint density at radius 3 is 2.23 bits per heavy atom. The van der Waals surface area contributed by atoms with Gasteiger partial charge in [0.15, 0.2) is 17.0 Å². The average molecular weight is 648 g/mol. The molecule has 0 spiro atoms. The highest BCUT2D eigenvalue weighted by Gasteiger charge is 2.45. The van der Waals surface area contributed by atoms with E-state index in [1.54, 1.807) is 12.1 Å². The maximum absolute atomic E-state index is 14.4. The van der Waals surface area contributed by atoms with Gasteiger partial charge in [0, 0.05) is 17.5 Å². The molecule has 7 rings (SSSR count). The van der Waals surface area contributed by atoms with Crippen LogP contribution in [0.25, 0.3) is 23.0 Å². The van der Waals surface area contributed by atoms with Gasteiger partial charge in [0.2, 0.25) is 0 Å². The number of hydrogen-bond acceptors (Lipinski definition) is 4. The van der Waals surface area contributed by atoms with Crippen molar-refractivity contribution in [1.82, 2.24) is 19.6 Å². The number of carbonyl (C=O) groups excluding carboxylic acids is 1. The summed E-state index contributed by atoms with van der Waals surface area (Å²) in [4.78, 5) is 18.9. The van der Waals surface area contributed by atoms with Crippen LogP contribution in [0.1, 0.15) is 89.1 Å². The highest BCUT2D eigenvalue weighted by Crippen LogP contribution is 2.45. The van der Waals surface area contributed by atoms with Crippen LogP contribution in [0.3, 0.4) is 0 Å². The van der Waals surface area contributed by atoms with Crippen molar-refractivity contribution in [2.24, 2.45) is 11.0 Å². The molecule has 1 fully saturated rings. The molecule has 1 amide bonds. The molecule has 3 heterocycles. The summed E-state index contributed by atoms with van der Waals surface area (Å²) < 4.78 is 44.1. The second kappa shape index (κ2) is 12.2. The molecule has 1 aliphatic carbocycles. The normalized spacial score (nSPS) is 18.9. The van der Waals surface area contributed by atoms with E-state index < -0.39 is 23.8 Å². The number of hydrazone groups is 1. The topological polar surface area (TPSA) is 62.9 Å². The Hall–Kier alpha value is -5.05. The number of rotatable bonds is 5. The van der Waals surface area contributed by atoms with Gasteiger partial charge in [0.1, 0.15) is 0 Å². The molecule has 2 aliphatic rings. The fourth-order valence-corrected chi connectivity index (χ4v) is 6.71.